The molecule has 0 heteroatoms. The summed E-state index contributed by atoms with van der Waals surface area (Å²) in [7, 11) is 0. The van der Waals surface area contributed by atoms with Crippen LogP contribution in [-0.4, -0.2) is 0 Å². The van der Waals surface area contributed by atoms with Gasteiger partial charge in [-0.25, -0.2) is 0 Å². The fourth-order valence-corrected chi connectivity index (χ4v) is 0.451. The molecule has 0 aliphatic carbocycles. The van der Waals surface area contributed by atoms with E-state index in [2.05, 4.69) is 33.4 Å². The fourth-order valence-electron chi connectivity index (χ4n) is 0.451. The summed E-state index contributed by atoms with van der Waals surface area (Å²) in [5.41, 5.74) is 1.41. The zero-order valence-corrected chi connectivity index (χ0v) is 6.86. The zero-order valence-electron chi connectivity index (χ0n) is 6.86. The molecular formula is C9H16. The normalized spacial score (nSPS) is 12.4. The third-order valence-electron chi connectivity index (χ3n) is 1.33. The van der Waals surface area contributed by atoms with Gasteiger partial charge in [0.25, 0.3) is 0 Å². The van der Waals surface area contributed by atoms with Crippen LogP contribution in [-0.2, 0) is 0 Å². The van der Waals surface area contributed by atoms with Gasteiger partial charge >= 0.3 is 0 Å². The van der Waals surface area contributed by atoms with Crippen LogP contribution in [0, 0.1) is 5.41 Å². The highest BCUT2D eigenvalue weighted by atomic mass is 14.2. The molecular weight excluding hydrogens is 108 g/mol. The predicted octanol–water partition coefficient (Wildman–Crippen LogP) is 3.16. The van der Waals surface area contributed by atoms with Crippen molar-refractivity contribution in [2.45, 2.75) is 27.7 Å². The van der Waals surface area contributed by atoms with E-state index >= 15 is 0 Å². The molecule has 0 aromatic carbocycles. The molecule has 0 aromatic heterocycles. The summed E-state index contributed by atoms with van der Waals surface area (Å²) in [5, 5.41) is 0. The molecule has 0 nitrogen and oxygen atoms in total. The third-order valence-corrected chi connectivity index (χ3v) is 1.33. The van der Waals surface area contributed by atoms with E-state index < -0.39 is 0 Å². The summed E-state index contributed by atoms with van der Waals surface area (Å²) in [6.45, 7) is 12.4. The van der Waals surface area contributed by atoms with Crippen LogP contribution in [0.4, 0.5) is 0 Å². The van der Waals surface area contributed by atoms with E-state index in [4.69, 9.17) is 0 Å². The minimum atomic E-state index is 0.229. The number of allylic oxidation sites excluding steroid dienone is 3. The van der Waals surface area contributed by atoms with E-state index in [1.54, 1.807) is 0 Å². The van der Waals surface area contributed by atoms with Crippen LogP contribution in [0.25, 0.3) is 0 Å². The highest BCUT2D eigenvalue weighted by molar-refractivity contribution is 5.19. The van der Waals surface area contributed by atoms with Crippen LogP contribution < -0.4 is 0 Å². The first kappa shape index (κ1) is 8.48. The van der Waals surface area contributed by atoms with Gasteiger partial charge in [-0.1, -0.05) is 45.1 Å². The lowest BCUT2D eigenvalue weighted by Crippen LogP contribution is -2.05. The predicted molar refractivity (Wildman–Crippen MR) is 43.4 cm³/mol. The molecule has 0 spiro atoms. The van der Waals surface area contributed by atoms with Gasteiger partial charge in [0.05, 0.1) is 0 Å². The second-order valence-corrected chi connectivity index (χ2v) is 3.28. The van der Waals surface area contributed by atoms with Gasteiger partial charge in [0.1, 0.15) is 0 Å². The van der Waals surface area contributed by atoms with Gasteiger partial charge in [0.15, 0.2) is 0 Å². The number of rotatable bonds is 1. The first-order valence-corrected chi connectivity index (χ1v) is 3.30. The van der Waals surface area contributed by atoms with Gasteiger partial charge < -0.3 is 0 Å². The van der Waals surface area contributed by atoms with Crippen LogP contribution in [0.15, 0.2) is 24.3 Å². The maximum atomic E-state index is 3.93. The molecule has 0 saturated heterocycles. The van der Waals surface area contributed by atoms with E-state index in [1.165, 1.54) is 5.57 Å². The molecule has 0 amide bonds. The fraction of sp³-hybridized carbons (Fsp3) is 0.556. The van der Waals surface area contributed by atoms with Crippen molar-refractivity contribution in [1.82, 2.24) is 0 Å². The topological polar surface area (TPSA) is 0 Å². The summed E-state index contributed by atoms with van der Waals surface area (Å²) in [5.74, 6) is 0. The molecule has 52 valence electrons. The molecule has 0 atom stereocenters. The molecule has 0 rings (SSSR count). The van der Waals surface area contributed by atoms with Crippen LogP contribution in [0.1, 0.15) is 27.7 Å². The third kappa shape index (κ3) is 3.12. The van der Waals surface area contributed by atoms with Crippen molar-refractivity contribution in [2.24, 2.45) is 5.41 Å². The molecule has 0 bridgehead atoms. The molecule has 0 unspecified atom stereocenters. The minimum absolute atomic E-state index is 0.229. The van der Waals surface area contributed by atoms with E-state index in [9.17, 15) is 0 Å². The van der Waals surface area contributed by atoms with Crippen LogP contribution in [0.5, 0.6) is 0 Å². The lowest BCUT2D eigenvalue weighted by atomic mass is 9.87. The van der Waals surface area contributed by atoms with Crippen molar-refractivity contribution in [3.05, 3.63) is 24.3 Å². The van der Waals surface area contributed by atoms with Crippen molar-refractivity contribution in [3.63, 3.8) is 0 Å². The van der Waals surface area contributed by atoms with Crippen molar-refractivity contribution < 1.29 is 0 Å². The largest absolute Gasteiger partial charge is 0.0953 e. The van der Waals surface area contributed by atoms with Crippen molar-refractivity contribution >= 4 is 0 Å². The monoisotopic (exact) mass is 124 g/mol. The minimum Gasteiger partial charge on any atom is -0.0953 e. The average Bonchev–Trinajstić information content (AvgIpc) is 1.64. The van der Waals surface area contributed by atoms with E-state index in [0.717, 1.165) is 0 Å². The Morgan fingerprint density at radius 2 is 1.78 bits per heavy atom. The first-order valence-electron chi connectivity index (χ1n) is 3.30. The van der Waals surface area contributed by atoms with Crippen LogP contribution in [0.2, 0.25) is 0 Å². The summed E-state index contributed by atoms with van der Waals surface area (Å²) in [6.07, 6.45) is 4.08. The Bertz CT molecular complexity index is 121. The first-order chi connectivity index (χ1) is 3.98. The average molecular weight is 124 g/mol. The molecule has 0 N–H and O–H groups in total. The van der Waals surface area contributed by atoms with Gasteiger partial charge in [0, 0.05) is 0 Å². The summed E-state index contributed by atoms with van der Waals surface area (Å²) >= 11 is 0. The van der Waals surface area contributed by atoms with Crippen molar-refractivity contribution in [2.75, 3.05) is 0 Å². The van der Waals surface area contributed by atoms with E-state index in [0.29, 0.717) is 0 Å². The van der Waals surface area contributed by atoms with Crippen LogP contribution >= 0.6 is 0 Å². The molecule has 0 aliphatic heterocycles. The van der Waals surface area contributed by atoms with Gasteiger partial charge in [-0.15, -0.1) is 0 Å². The molecule has 9 heavy (non-hydrogen) atoms. The Hall–Kier alpha value is -0.520. The van der Waals surface area contributed by atoms with E-state index in [-0.39, 0.29) is 5.41 Å². The highest BCUT2D eigenvalue weighted by Crippen LogP contribution is 2.23. The quantitative estimate of drug-likeness (QED) is 0.471. The lowest BCUT2D eigenvalue weighted by molar-refractivity contribution is 0.519. The second kappa shape index (κ2) is 2.86. The molecule has 0 radical (unpaired) electrons. The summed E-state index contributed by atoms with van der Waals surface area (Å²) in [6, 6.07) is 0. The van der Waals surface area contributed by atoms with Crippen LogP contribution in [0.3, 0.4) is 0 Å². The zero-order chi connectivity index (χ0) is 7.49. The van der Waals surface area contributed by atoms with Gasteiger partial charge in [-0.3, -0.25) is 0 Å². The maximum Gasteiger partial charge on any atom is -0.0138 e. The van der Waals surface area contributed by atoms with Crippen molar-refractivity contribution in [3.8, 4) is 0 Å². The maximum absolute atomic E-state index is 3.93. The molecule has 0 aromatic rings. The lowest BCUT2D eigenvalue weighted by Gasteiger charge is -2.18. The van der Waals surface area contributed by atoms with Gasteiger partial charge in [-0.2, -0.15) is 0 Å². The Balaban J connectivity index is 4.06. The summed E-state index contributed by atoms with van der Waals surface area (Å²) < 4.78 is 0. The summed E-state index contributed by atoms with van der Waals surface area (Å²) in [4.78, 5) is 0. The standard InChI is InChI=1S/C9H16/c1-6-7-8(2)9(3,4)5/h6-7H,2H2,1,3-5H3/b7-6+. The second-order valence-electron chi connectivity index (χ2n) is 3.28. The Labute approximate surface area is 58.3 Å². The van der Waals surface area contributed by atoms with Crippen molar-refractivity contribution in [1.29, 1.82) is 0 Å². The molecule has 0 heterocycles. The SMILES string of the molecule is C=C(/C=C/C)C(C)(C)C. The Morgan fingerprint density at radius 1 is 1.33 bits per heavy atom. The number of hydrogen-bond acceptors (Lipinski definition) is 0. The highest BCUT2D eigenvalue weighted by Gasteiger charge is 2.10. The molecule has 0 aliphatic rings. The van der Waals surface area contributed by atoms with Gasteiger partial charge in [-0.05, 0) is 12.3 Å². The van der Waals surface area contributed by atoms with E-state index in [1.807, 2.05) is 13.0 Å². The number of hydrogen-bond donors (Lipinski definition) is 0. The smallest absolute Gasteiger partial charge is 0.0138 e. The Kier molecular flexibility index (Phi) is 2.69. The van der Waals surface area contributed by atoms with Gasteiger partial charge in [0.2, 0.25) is 0 Å². The molecule has 0 fully saturated rings. The molecule has 0 saturated carbocycles. The Morgan fingerprint density at radius 3 is 1.89 bits per heavy atom.